The van der Waals surface area contributed by atoms with Gasteiger partial charge in [0, 0.05) is 37.1 Å². The summed E-state index contributed by atoms with van der Waals surface area (Å²) in [5.41, 5.74) is 0. The highest BCUT2D eigenvalue weighted by atomic mass is 35.5. The number of carbonyl (C=O) groups is 2. The molecule has 1 aliphatic heterocycles. The van der Waals surface area contributed by atoms with E-state index in [0.717, 1.165) is 38.6 Å². The molecule has 0 atom stereocenters. The number of ether oxygens (including phenoxy) is 1. The van der Waals surface area contributed by atoms with E-state index >= 15 is 0 Å². The van der Waals surface area contributed by atoms with Crippen molar-refractivity contribution in [3.05, 3.63) is 28.2 Å². The van der Waals surface area contributed by atoms with Gasteiger partial charge in [-0.15, -0.1) is 0 Å². The van der Waals surface area contributed by atoms with Gasteiger partial charge >= 0.3 is 0 Å². The molecule has 3 rings (SSSR count). The van der Waals surface area contributed by atoms with Crippen molar-refractivity contribution in [2.24, 2.45) is 5.92 Å². The van der Waals surface area contributed by atoms with E-state index in [1.165, 1.54) is 6.42 Å². The van der Waals surface area contributed by atoms with Crippen molar-refractivity contribution in [1.82, 2.24) is 9.80 Å². The zero-order valence-corrected chi connectivity index (χ0v) is 17.0. The van der Waals surface area contributed by atoms with Gasteiger partial charge in [-0.2, -0.15) is 0 Å². The molecule has 1 aromatic carbocycles. The first-order valence-corrected chi connectivity index (χ1v) is 10.4. The lowest BCUT2D eigenvalue weighted by molar-refractivity contribution is -0.137. The molecule has 1 aliphatic carbocycles. The van der Waals surface area contributed by atoms with Crippen LogP contribution in [0.4, 0.5) is 0 Å². The van der Waals surface area contributed by atoms with E-state index in [0.29, 0.717) is 35.4 Å². The molecule has 2 fully saturated rings. The minimum Gasteiger partial charge on any atom is -0.482 e. The minimum atomic E-state index is -0.0898. The zero-order chi connectivity index (χ0) is 19.2. The van der Waals surface area contributed by atoms with E-state index in [1.54, 1.807) is 23.1 Å². The summed E-state index contributed by atoms with van der Waals surface area (Å²) in [4.78, 5) is 29.0. The van der Waals surface area contributed by atoms with E-state index in [9.17, 15) is 9.59 Å². The highest BCUT2D eigenvalue weighted by molar-refractivity contribution is 6.35. The summed E-state index contributed by atoms with van der Waals surface area (Å²) in [7, 11) is 0. The summed E-state index contributed by atoms with van der Waals surface area (Å²) in [6.45, 7) is 2.45. The summed E-state index contributed by atoms with van der Waals surface area (Å²) in [6.07, 6.45) is 6.36. The third-order valence-corrected chi connectivity index (χ3v) is 5.89. The molecule has 1 saturated carbocycles. The Hall–Kier alpha value is -1.46. The van der Waals surface area contributed by atoms with Crippen LogP contribution < -0.4 is 4.74 Å². The maximum absolute atomic E-state index is 12.7. The van der Waals surface area contributed by atoms with Gasteiger partial charge in [-0.1, -0.05) is 42.5 Å². The summed E-state index contributed by atoms with van der Waals surface area (Å²) < 4.78 is 5.55. The van der Waals surface area contributed by atoms with Gasteiger partial charge in [-0.3, -0.25) is 9.59 Å². The van der Waals surface area contributed by atoms with Crippen LogP contribution in [0.25, 0.3) is 0 Å². The largest absolute Gasteiger partial charge is 0.482 e. The van der Waals surface area contributed by atoms with Crippen molar-refractivity contribution in [3.63, 3.8) is 0 Å². The zero-order valence-electron chi connectivity index (χ0n) is 15.5. The number of halogens is 2. The van der Waals surface area contributed by atoms with Crippen LogP contribution in [-0.2, 0) is 9.59 Å². The summed E-state index contributed by atoms with van der Waals surface area (Å²) in [6, 6.07) is 4.92. The lowest BCUT2D eigenvalue weighted by atomic mass is 9.88. The number of carbonyl (C=O) groups excluding carboxylic acids is 2. The average molecular weight is 413 g/mol. The maximum atomic E-state index is 12.7. The molecule has 1 saturated heterocycles. The number of amides is 2. The number of benzene rings is 1. The number of hydrogen-bond donors (Lipinski definition) is 0. The summed E-state index contributed by atoms with van der Waals surface area (Å²) in [5.74, 6) is 0.802. The minimum absolute atomic E-state index is 0.0715. The first-order chi connectivity index (χ1) is 13.0. The third-order valence-electron chi connectivity index (χ3n) is 5.36. The first kappa shape index (κ1) is 20.3. The molecule has 27 heavy (non-hydrogen) atoms. The van der Waals surface area contributed by atoms with Crippen molar-refractivity contribution in [3.8, 4) is 5.75 Å². The van der Waals surface area contributed by atoms with Gasteiger partial charge in [0.1, 0.15) is 5.75 Å². The van der Waals surface area contributed by atoms with Crippen LogP contribution in [0.1, 0.15) is 38.5 Å². The van der Waals surface area contributed by atoms with Crippen LogP contribution in [0.2, 0.25) is 10.0 Å². The molecule has 148 valence electrons. The first-order valence-electron chi connectivity index (χ1n) is 9.69. The second kappa shape index (κ2) is 9.65. The Labute approximate surface area is 170 Å². The van der Waals surface area contributed by atoms with Gasteiger partial charge in [0.25, 0.3) is 5.91 Å². The van der Waals surface area contributed by atoms with Crippen molar-refractivity contribution < 1.29 is 14.3 Å². The number of rotatable bonds is 4. The molecule has 0 unspecified atom stereocenters. The lowest BCUT2D eigenvalue weighted by Gasteiger charge is -2.28. The van der Waals surface area contributed by atoms with Crippen molar-refractivity contribution in [2.45, 2.75) is 38.5 Å². The fraction of sp³-hybridized carbons (Fsp3) is 0.600. The third kappa shape index (κ3) is 5.52. The van der Waals surface area contributed by atoms with Crippen LogP contribution in [0, 0.1) is 5.92 Å². The Balaban J connectivity index is 1.49. The molecular formula is C20H26Cl2N2O3. The summed E-state index contributed by atoms with van der Waals surface area (Å²) >= 11 is 11.9. The van der Waals surface area contributed by atoms with E-state index in [-0.39, 0.29) is 24.3 Å². The van der Waals surface area contributed by atoms with Crippen LogP contribution in [0.5, 0.6) is 5.75 Å². The predicted octanol–water partition coefficient (Wildman–Crippen LogP) is 4.01. The Bertz CT molecular complexity index is 677. The lowest BCUT2D eigenvalue weighted by Crippen LogP contribution is -2.41. The highest BCUT2D eigenvalue weighted by Gasteiger charge is 2.28. The molecule has 2 amide bonds. The number of hydrogen-bond acceptors (Lipinski definition) is 3. The normalized spacial score (nSPS) is 18.9. The van der Waals surface area contributed by atoms with Gasteiger partial charge in [0.15, 0.2) is 6.61 Å². The monoisotopic (exact) mass is 412 g/mol. The Morgan fingerprint density at radius 2 is 1.67 bits per heavy atom. The van der Waals surface area contributed by atoms with Crippen molar-refractivity contribution in [1.29, 1.82) is 0 Å². The second-order valence-corrected chi connectivity index (χ2v) is 8.10. The van der Waals surface area contributed by atoms with Gasteiger partial charge < -0.3 is 14.5 Å². The SMILES string of the molecule is O=C(COc1ccc(Cl)cc1Cl)N1CCCN(C(=O)C2CCCCC2)CC1. The quantitative estimate of drug-likeness (QED) is 0.750. The predicted molar refractivity (Wildman–Crippen MR) is 106 cm³/mol. The number of nitrogens with zero attached hydrogens (tertiary/aromatic N) is 2. The summed E-state index contributed by atoms with van der Waals surface area (Å²) in [5, 5.41) is 0.907. The van der Waals surface area contributed by atoms with E-state index in [2.05, 4.69) is 0 Å². The smallest absolute Gasteiger partial charge is 0.260 e. The average Bonchev–Trinajstić information content (AvgIpc) is 2.93. The molecule has 0 aromatic heterocycles. The molecule has 2 aliphatic rings. The molecule has 5 nitrogen and oxygen atoms in total. The highest BCUT2D eigenvalue weighted by Crippen LogP contribution is 2.28. The van der Waals surface area contributed by atoms with Gasteiger partial charge in [-0.05, 0) is 37.5 Å². The van der Waals surface area contributed by atoms with Gasteiger partial charge in [0.05, 0.1) is 5.02 Å². The van der Waals surface area contributed by atoms with Crippen LogP contribution in [-0.4, -0.2) is 54.4 Å². The molecule has 0 bridgehead atoms. The van der Waals surface area contributed by atoms with E-state index in [1.807, 2.05) is 4.90 Å². The molecule has 0 radical (unpaired) electrons. The molecule has 1 aromatic rings. The van der Waals surface area contributed by atoms with E-state index < -0.39 is 0 Å². The van der Waals surface area contributed by atoms with Crippen molar-refractivity contribution in [2.75, 3.05) is 32.8 Å². The van der Waals surface area contributed by atoms with Crippen LogP contribution in [0.3, 0.4) is 0 Å². The fourth-order valence-electron chi connectivity index (χ4n) is 3.82. The molecule has 7 heteroatoms. The fourth-order valence-corrected chi connectivity index (χ4v) is 4.28. The molecule has 0 spiro atoms. The van der Waals surface area contributed by atoms with Gasteiger partial charge in [0.2, 0.25) is 5.91 Å². The van der Waals surface area contributed by atoms with E-state index in [4.69, 9.17) is 27.9 Å². The molecule has 1 heterocycles. The molecular weight excluding hydrogens is 387 g/mol. The van der Waals surface area contributed by atoms with Crippen LogP contribution >= 0.6 is 23.2 Å². The topological polar surface area (TPSA) is 49.9 Å². The Morgan fingerprint density at radius 3 is 2.41 bits per heavy atom. The van der Waals surface area contributed by atoms with Crippen LogP contribution in [0.15, 0.2) is 18.2 Å². The Kier molecular flexibility index (Phi) is 7.25. The van der Waals surface area contributed by atoms with Crippen molar-refractivity contribution >= 4 is 35.0 Å². The second-order valence-electron chi connectivity index (χ2n) is 7.26. The maximum Gasteiger partial charge on any atom is 0.260 e. The Morgan fingerprint density at radius 1 is 0.963 bits per heavy atom. The van der Waals surface area contributed by atoms with Gasteiger partial charge in [-0.25, -0.2) is 0 Å². The standard InChI is InChI=1S/C20H26Cl2N2O3/c21-16-7-8-18(17(22)13-16)27-14-19(25)23-9-4-10-24(12-11-23)20(26)15-5-2-1-3-6-15/h7-8,13,15H,1-6,9-12,14H2. The molecule has 0 N–H and O–H groups in total.